The van der Waals surface area contributed by atoms with Gasteiger partial charge in [-0.05, 0) is 78.3 Å². The Bertz CT molecular complexity index is 2270. The fourth-order valence-electron chi connectivity index (χ4n) is 7.15. The zero-order chi connectivity index (χ0) is 36.7. The van der Waals surface area contributed by atoms with Crippen molar-refractivity contribution in [2.45, 2.75) is 105 Å². The van der Waals surface area contributed by atoms with Crippen molar-refractivity contribution < 1.29 is 25.8 Å². The van der Waals surface area contributed by atoms with Gasteiger partial charge in [0.25, 0.3) is 0 Å². The summed E-state index contributed by atoms with van der Waals surface area (Å²) in [5.74, 6) is 2.21. The second kappa shape index (κ2) is 13.1. The van der Waals surface area contributed by atoms with Crippen LogP contribution in [0, 0.1) is 12.1 Å². The Kier molecular flexibility index (Phi) is 9.49. The van der Waals surface area contributed by atoms with Gasteiger partial charge in [-0.25, -0.2) is 4.98 Å². The molecule has 0 radical (unpaired) electrons. The fourth-order valence-corrected chi connectivity index (χ4v) is 7.15. The molecule has 272 valence electrons. The first-order valence-corrected chi connectivity index (χ1v) is 18.2. The van der Waals surface area contributed by atoms with E-state index in [4.69, 9.17) is 9.72 Å². The Morgan fingerprint density at radius 3 is 1.94 bits per heavy atom. The van der Waals surface area contributed by atoms with Crippen LogP contribution in [0.5, 0.6) is 11.5 Å². The van der Waals surface area contributed by atoms with Crippen LogP contribution in [0.2, 0.25) is 0 Å². The number of benzene rings is 4. The zero-order valence-electron chi connectivity index (χ0n) is 32.8. The van der Waals surface area contributed by atoms with Gasteiger partial charge in [0.1, 0.15) is 5.82 Å². The van der Waals surface area contributed by atoms with Gasteiger partial charge in [0.2, 0.25) is 0 Å². The van der Waals surface area contributed by atoms with E-state index >= 15 is 0 Å². The molecule has 0 N–H and O–H groups in total. The largest absolute Gasteiger partial charge is 2.00 e. The van der Waals surface area contributed by atoms with Crippen LogP contribution in [0.4, 0.5) is 17.1 Å². The van der Waals surface area contributed by atoms with Crippen LogP contribution in [-0.2, 0) is 37.3 Å². The number of nitrogens with zero attached hydrogens (tertiary/aromatic N) is 4. The summed E-state index contributed by atoms with van der Waals surface area (Å²) in [6, 6.07) is 35.7. The Morgan fingerprint density at radius 1 is 0.654 bits per heavy atom. The molecule has 0 amide bonds. The summed E-state index contributed by atoms with van der Waals surface area (Å²) in [5, 5.41) is 2.36. The van der Waals surface area contributed by atoms with E-state index in [1.54, 1.807) is 0 Å². The first-order chi connectivity index (χ1) is 23.8. The maximum absolute atomic E-state index is 6.92. The number of rotatable bonds is 4. The van der Waals surface area contributed by atoms with Crippen LogP contribution in [0.1, 0.15) is 99.8 Å². The molecule has 0 unspecified atom stereocenters. The molecule has 0 fully saturated rings. The van der Waals surface area contributed by atoms with E-state index in [1.807, 2.05) is 6.20 Å². The molecule has 4 aromatic carbocycles. The molecule has 52 heavy (non-hydrogen) atoms. The van der Waals surface area contributed by atoms with Gasteiger partial charge in [0, 0.05) is 28.8 Å². The van der Waals surface area contributed by atoms with Gasteiger partial charge < -0.3 is 19.1 Å². The summed E-state index contributed by atoms with van der Waals surface area (Å²) in [7, 11) is 0. The smallest absolute Gasteiger partial charge is 0.509 e. The first kappa shape index (κ1) is 37.7. The topological polar surface area (TPSA) is 33.5 Å². The summed E-state index contributed by atoms with van der Waals surface area (Å²) in [6.45, 7) is 27.8. The van der Waals surface area contributed by atoms with Gasteiger partial charge in [-0.3, -0.25) is 0 Å². The van der Waals surface area contributed by atoms with Crippen molar-refractivity contribution in [1.29, 1.82) is 0 Å². The minimum Gasteiger partial charge on any atom is -0.509 e. The van der Waals surface area contributed by atoms with Crippen molar-refractivity contribution >= 4 is 38.9 Å². The molecule has 0 saturated heterocycles. The van der Waals surface area contributed by atoms with Crippen molar-refractivity contribution in [3.8, 4) is 17.3 Å². The van der Waals surface area contributed by atoms with E-state index < -0.39 is 0 Å². The third-order valence-electron chi connectivity index (χ3n) is 10.1. The summed E-state index contributed by atoms with van der Waals surface area (Å²) < 4.78 is 9.18. The summed E-state index contributed by atoms with van der Waals surface area (Å²) in [5.41, 5.74) is 8.75. The van der Waals surface area contributed by atoms with Crippen LogP contribution in [0.3, 0.4) is 0 Å². The van der Waals surface area contributed by atoms with Gasteiger partial charge in [-0.2, -0.15) is 0 Å². The van der Waals surface area contributed by atoms with E-state index in [9.17, 15) is 0 Å². The van der Waals surface area contributed by atoms with Gasteiger partial charge in [-0.15, -0.1) is 41.5 Å². The number of pyridine rings is 1. The van der Waals surface area contributed by atoms with E-state index in [-0.39, 0.29) is 42.8 Å². The van der Waals surface area contributed by atoms with E-state index in [0.717, 1.165) is 29.2 Å². The van der Waals surface area contributed by atoms with Gasteiger partial charge in [-0.1, -0.05) is 109 Å². The predicted molar refractivity (Wildman–Crippen MR) is 215 cm³/mol. The second-order valence-electron chi connectivity index (χ2n) is 18.2. The fraction of sp³-hybridized carbons (Fsp3) is 0.370. The quantitative estimate of drug-likeness (QED) is 0.165. The number of anilines is 3. The number of fused-ring (bicyclic) bond motifs is 4. The van der Waals surface area contributed by atoms with Crippen molar-refractivity contribution in [2.75, 3.05) is 16.5 Å². The third kappa shape index (κ3) is 6.89. The molecular formula is C46H52N4OPt. The number of hydrogen-bond acceptors (Lipinski definition) is 4. The summed E-state index contributed by atoms with van der Waals surface area (Å²) >= 11 is 0. The number of aromatic nitrogens is 2. The van der Waals surface area contributed by atoms with Crippen LogP contribution in [0.15, 0.2) is 85.1 Å². The average molecular weight is 872 g/mol. The molecule has 0 aliphatic carbocycles. The van der Waals surface area contributed by atoms with Crippen LogP contribution in [0.25, 0.3) is 27.6 Å². The van der Waals surface area contributed by atoms with E-state index in [0.29, 0.717) is 11.5 Å². The Balaban J connectivity index is 0.00000464. The monoisotopic (exact) mass is 871 g/mol. The zero-order valence-corrected chi connectivity index (χ0v) is 35.1. The van der Waals surface area contributed by atoms with Crippen molar-refractivity contribution in [3.05, 3.63) is 114 Å². The Hall–Kier alpha value is -4.08. The van der Waals surface area contributed by atoms with Crippen molar-refractivity contribution in [3.63, 3.8) is 0 Å². The maximum atomic E-state index is 6.92. The molecule has 0 spiro atoms. The maximum Gasteiger partial charge on any atom is 2.00 e. The second-order valence-corrected chi connectivity index (χ2v) is 18.2. The van der Waals surface area contributed by atoms with Crippen LogP contribution < -0.4 is 14.5 Å². The first-order valence-electron chi connectivity index (χ1n) is 18.2. The van der Waals surface area contributed by atoms with Crippen molar-refractivity contribution in [2.24, 2.45) is 0 Å². The molecule has 5 nitrogen and oxygen atoms in total. The van der Waals surface area contributed by atoms with Crippen LogP contribution in [-0.4, -0.2) is 21.8 Å². The molecule has 0 atom stereocenters. The van der Waals surface area contributed by atoms with Crippen LogP contribution >= 0.6 is 0 Å². The minimum absolute atomic E-state index is 0. The molecule has 0 bridgehead atoms. The van der Waals surface area contributed by atoms with Gasteiger partial charge >= 0.3 is 21.1 Å². The number of hydrogen-bond donors (Lipinski definition) is 0. The van der Waals surface area contributed by atoms with Crippen molar-refractivity contribution in [1.82, 2.24) is 9.55 Å². The van der Waals surface area contributed by atoms with E-state index in [1.165, 1.54) is 38.8 Å². The third-order valence-corrected chi connectivity index (χ3v) is 10.1. The molecule has 3 heterocycles. The molecule has 2 aromatic heterocycles. The van der Waals surface area contributed by atoms with E-state index in [2.05, 4.69) is 188 Å². The normalized spacial score (nSPS) is 13.8. The predicted octanol–water partition coefficient (Wildman–Crippen LogP) is 12.2. The average Bonchev–Trinajstić information content (AvgIpc) is 3.60. The summed E-state index contributed by atoms with van der Waals surface area (Å²) in [6.07, 6.45) is 1.92. The SMILES string of the molecule is CC(C)(C)c1cc(Oc2[c-]c3c(c(C(C)(C)C)c2)c2ccccc2n3-c2cc(C(C)(C)C)ccn2)[c-]c(N2CN(C(C)(C)C)c3ccccc32)c1.[Pt+2]. The molecule has 6 aromatic rings. The number of para-hydroxylation sites is 3. The molecule has 1 aliphatic heterocycles. The summed E-state index contributed by atoms with van der Waals surface area (Å²) in [4.78, 5) is 9.74. The Morgan fingerprint density at radius 2 is 1.29 bits per heavy atom. The molecule has 7 rings (SSSR count). The number of ether oxygens (including phenoxy) is 1. The minimum atomic E-state index is -0.168. The van der Waals surface area contributed by atoms with Gasteiger partial charge in [0.15, 0.2) is 0 Å². The molecule has 6 heteroatoms. The molecule has 0 saturated carbocycles. The molecular weight excluding hydrogens is 820 g/mol. The Labute approximate surface area is 325 Å². The van der Waals surface area contributed by atoms with Gasteiger partial charge in [0.05, 0.1) is 18.0 Å². The standard InChI is InChI=1S/C46H52N4O.Pt/c1-43(2,3)30-21-22-47-41(25-30)50-37-18-14-13-17-35(37)42-36(45(7,8)9)27-34(28-40(42)50)51-33-24-31(44(4,5)6)23-32(26-33)48-29-49(46(10,11)12)39-20-16-15-19-38(39)48;/h13-25,27H,29H2,1-12H3;/q-2;+2. The molecule has 1 aliphatic rings.